The molecule has 0 radical (unpaired) electrons. The smallest absolute Gasteiger partial charge is 0.241 e. The molecule has 0 spiro atoms. The lowest BCUT2D eigenvalue weighted by atomic mass is 9.85. The van der Waals surface area contributed by atoms with Crippen molar-refractivity contribution in [1.29, 1.82) is 0 Å². The van der Waals surface area contributed by atoms with Crippen LogP contribution in [0.5, 0.6) is 0 Å². The molecule has 6 N–H and O–H groups in total. The predicted octanol–water partition coefficient (Wildman–Crippen LogP) is 7.92. The van der Waals surface area contributed by atoms with Crippen molar-refractivity contribution in [2.45, 2.75) is 197 Å². The van der Waals surface area contributed by atoms with Gasteiger partial charge in [-0.2, -0.15) is 15.3 Å². The summed E-state index contributed by atoms with van der Waals surface area (Å²) in [6.45, 7) is 12.4. The van der Waals surface area contributed by atoms with E-state index in [0.29, 0.717) is 68.3 Å². The highest BCUT2D eigenvalue weighted by Gasteiger charge is 2.33. The molecule has 0 unspecified atom stereocenters. The highest BCUT2D eigenvalue weighted by Crippen LogP contribution is 2.42. The Morgan fingerprint density at radius 1 is 0.471 bits per heavy atom. The number of anilines is 3. The van der Waals surface area contributed by atoms with Gasteiger partial charge in [0.05, 0.1) is 105 Å². The molecule has 2 amide bonds. The van der Waals surface area contributed by atoms with E-state index < -0.39 is 0 Å². The molecule has 0 aromatic carbocycles. The first-order valence-electron chi connectivity index (χ1n) is 36.6. The number of hydrogen-bond acceptors (Lipinski definition) is 21. The standard InChI is InChI=1S/2C25H35N7O3.C23H32N6O3/c2*1-16(15-35-3)28-25-26-11-23-21(9-22(32(23)29-25)18-4-6-20(33)7-5-18)19-10-27-31(14-19)13-17-8-24(34)30(2)12-17;1-15(14-31-2)26-23-24-11-22-20(17-10-25-28(12-17)13-19-7-8-32-19)9-21(29(22)27-23)16-3-5-18(30)6-4-16/h2*9-11,14,16-18,20,33H,4-8,12-13,15H2,1-3H3,(H,28,29);9-12,15-16,18-19,30H,3-8,13-14H2,1-2H3,(H,26,27)/t16-,17+,18?,20?;16-,17-,18?,20?;15-,16?,18?,19-/m000/s1. The van der Waals surface area contributed by atoms with E-state index in [1.54, 1.807) is 31.1 Å². The molecule has 9 aromatic rings. The number of aliphatic hydroxyl groups is 3. The fourth-order valence-corrected chi connectivity index (χ4v) is 15.6. The third-order valence-electron chi connectivity index (χ3n) is 21.1. The van der Waals surface area contributed by atoms with E-state index in [0.717, 1.165) is 184 Å². The average molecular weight is 1400 g/mol. The highest BCUT2D eigenvalue weighted by molar-refractivity contribution is 5.83. The minimum atomic E-state index is -0.210. The van der Waals surface area contributed by atoms with Crippen LogP contribution in [0.4, 0.5) is 17.8 Å². The zero-order valence-corrected chi connectivity index (χ0v) is 60.2. The molecule has 548 valence electrons. The summed E-state index contributed by atoms with van der Waals surface area (Å²) in [5, 5.41) is 68.3. The normalized spacial score (nSPS) is 24.0. The van der Waals surface area contributed by atoms with Crippen molar-refractivity contribution in [2.24, 2.45) is 11.8 Å². The number of rotatable bonds is 24. The number of likely N-dealkylation sites (tertiary alicyclic amines) is 2. The minimum Gasteiger partial charge on any atom is -0.393 e. The third kappa shape index (κ3) is 16.9. The molecular formula is C73H102N20O9. The number of hydrogen-bond donors (Lipinski definition) is 6. The minimum absolute atomic E-state index is 0.0838. The first kappa shape index (κ1) is 71.9. The zero-order chi connectivity index (χ0) is 71.1. The molecular weight excluding hydrogens is 1300 g/mol. The Hall–Kier alpha value is -8.45. The number of carbonyl (C=O) groups is 2. The Bertz CT molecular complexity index is 4080. The summed E-state index contributed by atoms with van der Waals surface area (Å²) >= 11 is 0. The summed E-state index contributed by atoms with van der Waals surface area (Å²) in [5.74, 6) is 3.68. The maximum absolute atomic E-state index is 11.9. The van der Waals surface area contributed by atoms with Crippen LogP contribution in [0.15, 0.2) is 74.0 Å². The monoisotopic (exact) mass is 1400 g/mol. The van der Waals surface area contributed by atoms with Crippen LogP contribution in [0.1, 0.15) is 152 Å². The molecule has 6 aliphatic rings. The van der Waals surface area contributed by atoms with E-state index in [9.17, 15) is 24.9 Å². The molecule has 6 fully saturated rings. The Morgan fingerprint density at radius 2 is 0.784 bits per heavy atom. The Morgan fingerprint density at radius 3 is 1.06 bits per heavy atom. The van der Waals surface area contributed by atoms with Gasteiger partial charge in [-0.05, 0) is 122 Å². The number of ether oxygens (including phenoxy) is 4. The van der Waals surface area contributed by atoms with Gasteiger partial charge >= 0.3 is 0 Å². The van der Waals surface area contributed by atoms with Crippen molar-refractivity contribution < 1.29 is 43.9 Å². The van der Waals surface area contributed by atoms with Gasteiger partial charge in [0.15, 0.2) is 0 Å². The van der Waals surface area contributed by atoms with E-state index in [1.807, 2.05) is 99.6 Å². The highest BCUT2D eigenvalue weighted by atomic mass is 16.5. The van der Waals surface area contributed by atoms with Crippen molar-refractivity contribution in [1.82, 2.24) is 82.9 Å². The quantitative estimate of drug-likeness (QED) is 0.0334. The van der Waals surface area contributed by atoms with Gasteiger partial charge in [-0.15, -0.1) is 15.3 Å². The molecule has 0 bridgehead atoms. The van der Waals surface area contributed by atoms with Gasteiger partial charge in [-0.1, -0.05) is 0 Å². The van der Waals surface area contributed by atoms with Crippen LogP contribution in [-0.4, -0.2) is 228 Å². The van der Waals surface area contributed by atoms with Gasteiger partial charge in [-0.3, -0.25) is 23.6 Å². The number of methoxy groups -OCH3 is 3. The van der Waals surface area contributed by atoms with E-state index in [-0.39, 0.29) is 66.2 Å². The van der Waals surface area contributed by atoms with Crippen LogP contribution in [0.3, 0.4) is 0 Å². The maximum atomic E-state index is 11.9. The van der Waals surface area contributed by atoms with Crippen molar-refractivity contribution in [2.75, 3.05) is 90.9 Å². The molecule has 9 aromatic heterocycles. The summed E-state index contributed by atoms with van der Waals surface area (Å²) < 4.78 is 33.1. The number of nitrogens with zero attached hydrogens (tertiary/aromatic N) is 17. The molecule has 15 rings (SSSR count). The van der Waals surface area contributed by atoms with Crippen LogP contribution >= 0.6 is 0 Å². The second kappa shape index (κ2) is 32.5. The third-order valence-corrected chi connectivity index (χ3v) is 21.1. The van der Waals surface area contributed by atoms with Gasteiger partial charge < -0.3 is 60.0 Å². The first-order chi connectivity index (χ1) is 49.4. The van der Waals surface area contributed by atoms with Crippen LogP contribution in [0.25, 0.3) is 49.9 Å². The van der Waals surface area contributed by atoms with Crippen molar-refractivity contribution in [3.8, 4) is 33.4 Å². The molecule has 29 nitrogen and oxygen atoms in total. The van der Waals surface area contributed by atoms with Crippen molar-refractivity contribution in [3.05, 3.63) is 91.1 Å². The number of carbonyl (C=O) groups excluding carboxylic acids is 2. The summed E-state index contributed by atoms with van der Waals surface area (Å²) in [5.41, 5.74) is 12.6. The Kier molecular flexibility index (Phi) is 22.9. The van der Waals surface area contributed by atoms with Crippen LogP contribution in [0.2, 0.25) is 0 Å². The lowest BCUT2D eigenvalue weighted by Gasteiger charge is -2.25. The Balaban J connectivity index is 0.000000137. The second-order valence-electron chi connectivity index (χ2n) is 29.4. The van der Waals surface area contributed by atoms with Crippen molar-refractivity contribution in [3.63, 3.8) is 0 Å². The molecule has 3 aliphatic heterocycles. The molecule has 12 heterocycles. The number of aliphatic hydroxyl groups excluding tert-OH is 3. The summed E-state index contributed by atoms with van der Waals surface area (Å²) in [6.07, 6.45) is 29.9. The molecule has 6 atom stereocenters. The number of amides is 2. The van der Waals surface area contributed by atoms with E-state index in [4.69, 9.17) is 34.2 Å². The van der Waals surface area contributed by atoms with E-state index in [2.05, 4.69) is 83.0 Å². The molecule has 3 saturated heterocycles. The van der Waals surface area contributed by atoms with Crippen LogP contribution in [-0.2, 0) is 48.2 Å². The van der Waals surface area contributed by atoms with Gasteiger partial charge in [0.25, 0.3) is 0 Å². The van der Waals surface area contributed by atoms with Crippen LogP contribution in [0, 0.1) is 11.8 Å². The van der Waals surface area contributed by atoms with E-state index in [1.165, 1.54) is 5.69 Å². The summed E-state index contributed by atoms with van der Waals surface area (Å²) in [6, 6.07) is 6.93. The van der Waals surface area contributed by atoms with Gasteiger partial charge in [0.1, 0.15) is 0 Å². The van der Waals surface area contributed by atoms with E-state index >= 15 is 0 Å². The average Bonchev–Trinajstić information content (AvgIpc) is 1.62. The molecule has 3 aliphatic carbocycles. The predicted molar refractivity (Wildman–Crippen MR) is 385 cm³/mol. The second-order valence-corrected chi connectivity index (χ2v) is 29.4. The lowest BCUT2D eigenvalue weighted by Crippen LogP contribution is -2.31. The fourth-order valence-electron chi connectivity index (χ4n) is 15.6. The van der Waals surface area contributed by atoms with Crippen molar-refractivity contribution >= 4 is 46.2 Å². The maximum Gasteiger partial charge on any atom is 0.241 e. The number of aromatic nitrogens is 15. The van der Waals surface area contributed by atoms with Gasteiger partial charge in [0.2, 0.25) is 29.7 Å². The Labute approximate surface area is 594 Å². The first-order valence-corrected chi connectivity index (χ1v) is 36.6. The van der Waals surface area contributed by atoms with Crippen LogP contribution < -0.4 is 16.0 Å². The fraction of sp³-hybridized carbons (Fsp3) is 0.603. The largest absolute Gasteiger partial charge is 0.393 e. The molecule has 3 saturated carbocycles. The van der Waals surface area contributed by atoms with Gasteiger partial charge in [0, 0.05) is 198 Å². The molecule has 102 heavy (non-hydrogen) atoms. The van der Waals surface area contributed by atoms with Gasteiger partial charge in [-0.25, -0.2) is 28.5 Å². The number of fused-ring (bicyclic) bond motifs is 3. The molecule has 29 heteroatoms. The number of nitrogens with one attached hydrogen (secondary N) is 3. The topological polar surface area (TPSA) is 318 Å². The zero-order valence-electron chi connectivity index (χ0n) is 60.2. The lowest BCUT2D eigenvalue weighted by molar-refractivity contribution is -0.127. The summed E-state index contributed by atoms with van der Waals surface area (Å²) in [7, 11) is 8.76. The SMILES string of the molecule is COC[C@H](C)Nc1ncc2c(-c3cnn(C[C@@H]4CC(=O)N(C)C4)c3)cc(C3CCC(O)CC3)n2n1.COC[C@H](C)Nc1ncc2c(-c3cnn(C[C@@H]4CCO4)c3)cc(C3CCC(O)CC3)n2n1.COC[C@H](C)Nc1ncc2c(-c3cnn(C[C@H]4CC(=O)N(C)C4)c3)cc(C3CCC(O)CC3)n2n1. The summed E-state index contributed by atoms with van der Waals surface area (Å²) in [4.78, 5) is 41.1.